The highest BCUT2D eigenvalue weighted by Crippen LogP contribution is 2.25. The third-order valence-electron chi connectivity index (χ3n) is 1.85. The molecule has 1 heterocycles. The van der Waals surface area contributed by atoms with Crippen LogP contribution in [-0.2, 0) is 6.42 Å². The summed E-state index contributed by atoms with van der Waals surface area (Å²) in [5.41, 5.74) is 1.47. The van der Waals surface area contributed by atoms with Crippen LogP contribution in [0.5, 0.6) is 5.88 Å². The molecule has 1 aromatic heterocycles. The summed E-state index contributed by atoms with van der Waals surface area (Å²) in [6, 6.07) is 4.05. The van der Waals surface area contributed by atoms with E-state index in [0.717, 1.165) is 12.3 Å². The Morgan fingerprint density at radius 1 is 1.36 bits per heavy atom. The van der Waals surface area contributed by atoms with Crippen molar-refractivity contribution in [3.05, 3.63) is 23.9 Å². The van der Waals surface area contributed by atoms with Crippen LogP contribution >= 0.6 is 0 Å². The van der Waals surface area contributed by atoms with E-state index in [2.05, 4.69) is 31.8 Å². The van der Waals surface area contributed by atoms with E-state index in [1.54, 1.807) is 6.20 Å². The Balaban J connectivity index is 2.84. The van der Waals surface area contributed by atoms with Crippen LogP contribution in [0.4, 0.5) is 0 Å². The number of ether oxygens (including phenoxy) is 1. The van der Waals surface area contributed by atoms with E-state index in [0.29, 0.717) is 6.61 Å². The summed E-state index contributed by atoms with van der Waals surface area (Å²) in [4.78, 5) is 4.23. The molecular weight excluding hydrogens is 174 g/mol. The molecule has 0 radical (unpaired) electrons. The average Bonchev–Trinajstić information content (AvgIpc) is 2.06. The highest BCUT2D eigenvalue weighted by Gasteiger charge is 2.14. The van der Waals surface area contributed by atoms with Gasteiger partial charge in [0.25, 0.3) is 0 Å². The number of nitrogens with zero attached hydrogens (tertiary/aromatic N) is 1. The molecular formula is C12H19NO. The van der Waals surface area contributed by atoms with Crippen LogP contribution < -0.4 is 4.74 Å². The molecule has 1 rings (SSSR count). The molecule has 2 nitrogen and oxygen atoms in total. The number of pyridine rings is 1. The van der Waals surface area contributed by atoms with Gasteiger partial charge in [-0.3, -0.25) is 0 Å². The first-order valence-corrected chi connectivity index (χ1v) is 5.09. The zero-order valence-electron chi connectivity index (χ0n) is 9.50. The minimum atomic E-state index is 0.273. The Hall–Kier alpha value is -1.05. The number of aromatic nitrogens is 1. The van der Waals surface area contributed by atoms with Crippen LogP contribution in [0.3, 0.4) is 0 Å². The molecule has 1 aromatic rings. The molecule has 0 N–H and O–H groups in total. The van der Waals surface area contributed by atoms with Gasteiger partial charge in [-0.15, -0.1) is 0 Å². The zero-order valence-corrected chi connectivity index (χ0v) is 9.50. The van der Waals surface area contributed by atoms with Crippen molar-refractivity contribution in [2.75, 3.05) is 6.61 Å². The Bertz CT molecular complexity index is 289. The molecule has 0 aliphatic heterocycles. The summed E-state index contributed by atoms with van der Waals surface area (Å²) in [6.07, 6.45) is 2.77. The second kappa shape index (κ2) is 4.45. The van der Waals surface area contributed by atoms with Crippen molar-refractivity contribution in [1.29, 1.82) is 0 Å². The van der Waals surface area contributed by atoms with Gasteiger partial charge < -0.3 is 4.74 Å². The second-order valence-corrected chi connectivity index (χ2v) is 4.64. The smallest absolute Gasteiger partial charge is 0.216 e. The maximum Gasteiger partial charge on any atom is 0.216 e. The van der Waals surface area contributed by atoms with Crippen molar-refractivity contribution in [3.8, 4) is 5.88 Å². The number of hydrogen-bond acceptors (Lipinski definition) is 2. The molecule has 0 spiro atoms. The molecule has 0 amide bonds. The molecule has 2 heteroatoms. The molecule has 0 aliphatic rings. The van der Waals surface area contributed by atoms with Gasteiger partial charge in [-0.1, -0.05) is 26.8 Å². The Morgan fingerprint density at radius 3 is 2.64 bits per heavy atom. The lowest BCUT2D eigenvalue weighted by molar-refractivity contribution is 0.314. The van der Waals surface area contributed by atoms with Gasteiger partial charge in [-0.25, -0.2) is 4.98 Å². The van der Waals surface area contributed by atoms with Gasteiger partial charge in [0.2, 0.25) is 5.88 Å². The molecule has 14 heavy (non-hydrogen) atoms. The van der Waals surface area contributed by atoms with E-state index >= 15 is 0 Å². The van der Waals surface area contributed by atoms with Crippen molar-refractivity contribution >= 4 is 0 Å². The van der Waals surface area contributed by atoms with Crippen molar-refractivity contribution in [1.82, 2.24) is 4.98 Å². The third-order valence-corrected chi connectivity index (χ3v) is 1.85. The van der Waals surface area contributed by atoms with E-state index < -0.39 is 0 Å². The fourth-order valence-electron chi connectivity index (χ4n) is 1.40. The lowest BCUT2D eigenvalue weighted by atomic mass is 9.88. The van der Waals surface area contributed by atoms with E-state index in [1.165, 1.54) is 5.56 Å². The van der Waals surface area contributed by atoms with E-state index in [1.807, 2.05) is 13.0 Å². The molecule has 0 bridgehead atoms. The topological polar surface area (TPSA) is 22.1 Å². The highest BCUT2D eigenvalue weighted by atomic mass is 16.5. The molecule has 0 unspecified atom stereocenters. The molecule has 78 valence electrons. The quantitative estimate of drug-likeness (QED) is 0.736. The molecule has 0 saturated carbocycles. The molecule has 0 atom stereocenters. The Kier molecular flexibility index (Phi) is 3.50. The number of hydrogen-bond donors (Lipinski definition) is 0. The summed E-state index contributed by atoms with van der Waals surface area (Å²) in [5.74, 6) is 0.782. The van der Waals surface area contributed by atoms with Crippen LogP contribution in [0.2, 0.25) is 0 Å². The van der Waals surface area contributed by atoms with E-state index in [4.69, 9.17) is 4.74 Å². The Labute approximate surface area is 86.3 Å². The Morgan fingerprint density at radius 2 is 2.07 bits per heavy atom. The fraction of sp³-hybridized carbons (Fsp3) is 0.583. The van der Waals surface area contributed by atoms with Crippen LogP contribution in [0.1, 0.15) is 33.3 Å². The van der Waals surface area contributed by atoms with Crippen molar-refractivity contribution in [2.24, 2.45) is 5.41 Å². The van der Waals surface area contributed by atoms with Crippen molar-refractivity contribution < 1.29 is 4.74 Å². The largest absolute Gasteiger partial charge is 0.478 e. The van der Waals surface area contributed by atoms with Crippen molar-refractivity contribution in [3.63, 3.8) is 0 Å². The predicted molar refractivity (Wildman–Crippen MR) is 58.6 cm³/mol. The number of rotatable bonds is 3. The molecule has 0 fully saturated rings. The minimum absolute atomic E-state index is 0.273. The van der Waals surface area contributed by atoms with Gasteiger partial charge in [0, 0.05) is 11.8 Å². The van der Waals surface area contributed by atoms with E-state index in [9.17, 15) is 0 Å². The summed E-state index contributed by atoms with van der Waals surface area (Å²) in [6.45, 7) is 9.31. The van der Waals surface area contributed by atoms with Gasteiger partial charge in [-0.2, -0.15) is 0 Å². The molecule has 0 saturated heterocycles. The van der Waals surface area contributed by atoms with Gasteiger partial charge in [0.15, 0.2) is 0 Å². The summed E-state index contributed by atoms with van der Waals surface area (Å²) >= 11 is 0. The van der Waals surface area contributed by atoms with Gasteiger partial charge in [0.1, 0.15) is 0 Å². The monoisotopic (exact) mass is 193 g/mol. The van der Waals surface area contributed by atoms with Crippen LogP contribution in [0.15, 0.2) is 18.3 Å². The van der Waals surface area contributed by atoms with Crippen LogP contribution in [0.25, 0.3) is 0 Å². The minimum Gasteiger partial charge on any atom is -0.478 e. The third kappa shape index (κ3) is 3.36. The summed E-state index contributed by atoms with van der Waals surface area (Å²) in [5, 5.41) is 0. The lowest BCUT2D eigenvalue weighted by Gasteiger charge is -2.19. The first-order chi connectivity index (χ1) is 6.53. The van der Waals surface area contributed by atoms with E-state index in [-0.39, 0.29) is 5.41 Å². The maximum absolute atomic E-state index is 5.47. The van der Waals surface area contributed by atoms with Gasteiger partial charge >= 0.3 is 0 Å². The summed E-state index contributed by atoms with van der Waals surface area (Å²) < 4.78 is 5.47. The normalized spacial score (nSPS) is 11.4. The maximum atomic E-state index is 5.47. The predicted octanol–water partition coefficient (Wildman–Crippen LogP) is 3.07. The standard InChI is InChI=1S/C12H19NO/c1-5-14-11-10(7-6-8-13-11)9-12(2,3)4/h6-8H,5,9H2,1-4H3. The van der Waals surface area contributed by atoms with Crippen LogP contribution in [0, 0.1) is 5.41 Å². The van der Waals surface area contributed by atoms with Crippen molar-refractivity contribution in [2.45, 2.75) is 34.1 Å². The second-order valence-electron chi connectivity index (χ2n) is 4.64. The van der Waals surface area contributed by atoms with Crippen LogP contribution in [-0.4, -0.2) is 11.6 Å². The molecule has 0 aliphatic carbocycles. The highest BCUT2D eigenvalue weighted by molar-refractivity contribution is 5.26. The SMILES string of the molecule is CCOc1ncccc1CC(C)(C)C. The first kappa shape index (κ1) is 11.0. The fourth-order valence-corrected chi connectivity index (χ4v) is 1.40. The van der Waals surface area contributed by atoms with Gasteiger partial charge in [-0.05, 0) is 24.8 Å². The van der Waals surface area contributed by atoms with Gasteiger partial charge in [0.05, 0.1) is 6.61 Å². The average molecular weight is 193 g/mol. The summed E-state index contributed by atoms with van der Waals surface area (Å²) in [7, 11) is 0. The zero-order chi connectivity index (χ0) is 10.6. The molecule has 0 aromatic carbocycles. The lowest BCUT2D eigenvalue weighted by Crippen LogP contribution is -2.11. The first-order valence-electron chi connectivity index (χ1n) is 5.09.